The molecule has 0 fully saturated rings. The van der Waals surface area contributed by atoms with Gasteiger partial charge in [0.25, 0.3) is 0 Å². The fraction of sp³-hybridized carbons (Fsp3) is 0.647. The fourth-order valence-corrected chi connectivity index (χ4v) is 2.64. The van der Waals surface area contributed by atoms with Gasteiger partial charge in [-0.05, 0) is 55.3 Å². The predicted octanol–water partition coefficient (Wildman–Crippen LogP) is 5.22. The van der Waals surface area contributed by atoms with Crippen LogP contribution in [0.2, 0.25) is 5.02 Å². The zero-order valence-corrected chi connectivity index (χ0v) is 13.9. The van der Waals surface area contributed by atoms with Crippen LogP contribution in [-0.2, 0) is 6.42 Å². The third-order valence-electron chi connectivity index (χ3n) is 3.64. The molecule has 0 amide bonds. The van der Waals surface area contributed by atoms with Crippen molar-refractivity contribution in [2.24, 2.45) is 5.41 Å². The van der Waals surface area contributed by atoms with E-state index in [1.165, 1.54) is 12.1 Å². The zero-order valence-electron chi connectivity index (χ0n) is 13.1. The molecule has 0 aromatic heterocycles. The first-order chi connectivity index (χ1) is 9.34. The summed E-state index contributed by atoms with van der Waals surface area (Å²) in [6, 6.07) is 5.18. The quantitative estimate of drug-likeness (QED) is 0.728. The van der Waals surface area contributed by atoms with Crippen molar-refractivity contribution in [1.29, 1.82) is 0 Å². The molecule has 0 spiro atoms. The smallest absolute Gasteiger partial charge is 0.124 e. The van der Waals surface area contributed by atoms with Crippen LogP contribution in [0.15, 0.2) is 18.2 Å². The van der Waals surface area contributed by atoms with Crippen LogP contribution in [0.25, 0.3) is 0 Å². The first-order valence-electron chi connectivity index (χ1n) is 7.52. The SMILES string of the molecule is CCCNC(CCCc1ccc(F)cc1Cl)C(C)(C)C. The van der Waals surface area contributed by atoms with Gasteiger partial charge in [-0.3, -0.25) is 0 Å². The number of benzene rings is 1. The molecule has 0 aliphatic carbocycles. The Balaban J connectivity index is 2.51. The van der Waals surface area contributed by atoms with Crippen molar-refractivity contribution < 1.29 is 4.39 Å². The standard InChI is InChI=1S/C17H27ClFN/c1-5-11-20-16(17(2,3)4)8-6-7-13-9-10-14(19)12-15(13)18/h9-10,12,16,20H,5-8,11H2,1-4H3. The lowest BCUT2D eigenvalue weighted by atomic mass is 9.83. The molecule has 1 aromatic rings. The molecular formula is C17H27ClFN. The summed E-state index contributed by atoms with van der Waals surface area (Å²) in [4.78, 5) is 0. The number of nitrogens with one attached hydrogen (secondary N) is 1. The third-order valence-corrected chi connectivity index (χ3v) is 3.99. The predicted molar refractivity (Wildman–Crippen MR) is 85.9 cm³/mol. The van der Waals surface area contributed by atoms with E-state index in [9.17, 15) is 4.39 Å². The molecule has 0 saturated carbocycles. The number of rotatable bonds is 7. The van der Waals surface area contributed by atoms with Crippen molar-refractivity contribution in [3.8, 4) is 0 Å². The Morgan fingerprint density at radius 3 is 2.55 bits per heavy atom. The highest BCUT2D eigenvalue weighted by atomic mass is 35.5. The van der Waals surface area contributed by atoms with Crippen LogP contribution >= 0.6 is 11.6 Å². The molecule has 1 N–H and O–H groups in total. The van der Waals surface area contributed by atoms with Crippen molar-refractivity contribution in [3.05, 3.63) is 34.6 Å². The second-order valence-corrected chi connectivity index (χ2v) is 6.91. The molecule has 0 saturated heterocycles. The normalized spacial score (nSPS) is 13.5. The highest BCUT2D eigenvalue weighted by Crippen LogP contribution is 2.25. The topological polar surface area (TPSA) is 12.0 Å². The van der Waals surface area contributed by atoms with Crippen molar-refractivity contribution in [1.82, 2.24) is 5.32 Å². The molecule has 1 aromatic carbocycles. The Morgan fingerprint density at radius 2 is 2.00 bits per heavy atom. The van der Waals surface area contributed by atoms with E-state index in [1.54, 1.807) is 6.07 Å². The minimum Gasteiger partial charge on any atom is -0.313 e. The monoisotopic (exact) mass is 299 g/mol. The van der Waals surface area contributed by atoms with Crippen LogP contribution in [0.1, 0.15) is 52.5 Å². The second kappa shape index (κ2) is 7.99. The summed E-state index contributed by atoms with van der Waals surface area (Å²) in [6.07, 6.45) is 4.22. The van der Waals surface area contributed by atoms with Gasteiger partial charge in [-0.15, -0.1) is 0 Å². The zero-order chi connectivity index (χ0) is 15.2. The lowest BCUT2D eigenvalue weighted by Gasteiger charge is -2.32. The maximum atomic E-state index is 13.0. The van der Waals surface area contributed by atoms with Crippen molar-refractivity contribution in [2.45, 2.75) is 59.4 Å². The van der Waals surface area contributed by atoms with Crippen molar-refractivity contribution >= 4 is 11.6 Å². The summed E-state index contributed by atoms with van der Waals surface area (Å²) in [6.45, 7) is 10.0. The summed E-state index contributed by atoms with van der Waals surface area (Å²) in [5.41, 5.74) is 1.29. The molecule has 0 aliphatic heterocycles. The van der Waals surface area contributed by atoms with Gasteiger partial charge in [0, 0.05) is 11.1 Å². The van der Waals surface area contributed by atoms with Crippen LogP contribution in [0.5, 0.6) is 0 Å². The van der Waals surface area contributed by atoms with Crippen molar-refractivity contribution in [2.75, 3.05) is 6.54 Å². The fourth-order valence-electron chi connectivity index (χ4n) is 2.38. The van der Waals surface area contributed by atoms with Gasteiger partial charge in [-0.2, -0.15) is 0 Å². The molecule has 1 atom stereocenters. The number of halogens is 2. The van der Waals surface area contributed by atoms with Gasteiger partial charge in [0.1, 0.15) is 5.82 Å². The van der Waals surface area contributed by atoms with E-state index in [0.29, 0.717) is 11.1 Å². The average molecular weight is 300 g/mol. The number of hydrogen-bond donors (Lipinski definition) is 1. The molecule has 0 radical (unpaired) electrons. The Kier molecular flexibility index (Phi) is 6.97. The maximum absolute atomic E-state index is 13.0. The van der Waals surface area contributed by atoms with Gasteiger partial charge in [0.15, 0.2) is 0 Å². The summed E-state index contributed by atoms with van der Waals surface area (Å²) in [5.74, 6) is -0.268. The highest BCUT2D eigenvalue weighted by molar-refractivity contribution is 6.31. The molecule has 0 bridgehead atoms. The molecule has 1 nitrogen and oxygen atoms in total. The van der Waals surface area contributed by atoms with Gasteiger partial charge >= 0.3 is 0 Å². The molecule has 114 valence electrons. The summed E-state index contributed by atoms with van der Waals surface area (Å²) in [5, 5.41) is 4.17. The minimum absolute atomic E-state index is 0.252. The summed E-state index contributed by atoms with van der Waals surface area (Å²) >= 11 is 6.06. The molecular weight excluding hydrogens is 273 g/mol. The molecule has 1 unspecified atom stereocenters. The Bertz CT molecular complexity index is 412. The molecule has 0 heterocycles. The number of aryl methyl sites for hydroxylation is 1. The van der Waals surface area contributed by atoms with E-state index >= 15 is 0 Å². The van der Waals surface area contributed by atoms with E-state index in [2.05, 4.69) is 33.0 Å². The van der Waals surface area contributed by atoms with Gasteiger partial charge < -0.3 is 5.32 Å². The first kappa shape index (κ1) is 17.5. The first-order valence-corrected chi connectivity index (χ1v) is 7.89. The van der Waals surface area contributed by atoms with E-state index in [4.69, 9.17) is 11.6 Å². The minimum atomic E-state index is -0.268. The lowest BCUT2D eigenvalue weighted by molar-refractivity contribution is 0.251. The van der Waals surface area contributed by atoms with Crippen LogP contribution < -0.4 is 5.32 Å². The van der Waals surface area contributed by atoms with Gasteiger partial charge in [0.05, 0.1) is 0 Å². The van der Waals surface area contributed by atoms with Gasteiger partial charge in [-0.25, -0.2) is 4.39 Å². The largest absolute Gasteiger partial charge is 0.313 e. The van der Waals surface area contributed by atoms with E-state index in [0.717, 1.165) is 37.8 Å². The van der Waals surface area contributed by atoms with E-state index < -0.39 is 0 Å². The van der Waals surface area contributed by atoms with Crippen LogP contribution in [0, 0.1) is 11.2 Å². The lowest BCUT2D eigenvalue weighted by Crippen LogP contribution is -2.40. The maximum Gasteiger partial charge on any atom is 0.124 e. The molecule has 1 rings (SSSR count). The second-order valence-electron chi connectivity index (χ2n) is 6.50. The average Bonchev–Trinajstić information content (AvgIpc) is 2.34. The Labute approximate surface area is 127 Å². The highest BCUT2D eigenvalue weighted by Gasteiger charge is 2.23. The Morgan fingerprint density at radius 1 is 1.30 bits per heavy atom. The third kappa shape index (κ3) is 5.80. The summed E-state index contributed by atoms with van der Waals surface area (Å²) in [7, 11) is 0. The number of hydrogen-bond acceptors (Lipinski definition) is 1. The summed E-state index contributed by atoms with van der Waals surface area (Å²) < 4.78 is 13.0. The molecule has 3 heteroatoms. The van der Waals surface area contributed by atoms with Crippen LogP contribution in [0.4, 0.5) is 4.39 Å². The van der Waals surface area contributed by atoms with E-state index in [-0.39, 0.29) is 11.2 Å². The van der Waals surface area contributed by atoms with Gasteiger partial charge in [0.2, 0.25) is 0 Å². The van der Waals surface area contributed by atoms with E-state index in [1.807, 2.05) is 0 Å². The molecule has 20 heavy (non-hydrogen) atoms. The van der Waals surface area contributed by atoms with Crippen LogP contribution in [-0.4, -0.2) is 12.6 Å². The van der Waals surface area contributed by atoms with Gasteiger partial charge in [-0.1, -0.05) is 45.4 Å². The molecule has 0 aliphatic rings. The van der Waals surface area contributed by atoms with Crippen molar-refractivity contribution in [3.63, 3.8) is 0 Å². The Hall–Kier alpha value is -0.600. The van der Waals surface area contributed by atoms with Crippen LogP contribution in [0.3, 0.4) is 0 Å².